The van der Waals surface area contributed by atoms with Gasteiger partial charge in [-0.05, 0) is 60.9 Å². The van der Waals surface area contributed by atoms with Gasteiger partial charge in [-0.2, -0.15) is 0 Å². The summed E-state index contributed by atoms with van der Waals surface area (Å²) < 4.78 is 0. The molecule has 0 aliphatic carbocycles. The Morgan fingerprint density at radius 3 is 2.19 bits per heavy atom. The van der Waals surface area contributed by atoms with Crippen LogP contribution in [0, 0.1) is 0 Å². The molecule has 0 bridgehead atoms. The summed E-state index contributed by atoms with van der Waals surface area (Å²) in [4.78, 5) is 12.1. The molecule has 0 heterocycles. The molecule has 4 nitrogen and oxygen atoms in total. The maximum atomic E-state index is 12.1. The minimum Gasteiger partial charge on any atom is -0.330 e. The largest absolute Gasteiger partial charge is 0.330 e. The van der Waals surface area contributed by atoms with Crippen LogP contribution in [-0.2, 0) is 17.8 Å². The molecule has 0 saturated carbocycles. The van der Waals surface area contributed by atoms with Gasteiger partial charge in [0.15, 0.2) is 0 Å². The van der Waals surface area contributed by atoms with Crippen molar-refractivity contribution in [2.45, 2.75) is 83.2 Å². The quantitative estimate of drug-likeness (QED) is 0.327. The van der Waals surface area contributed by atoms with E-state index in [1.807, 2.05) is 6.07 Å². The van der Waals surface area contributed by atoms with Crippen LogP contribution in [0.25, 0.3) is 11.1 Å². The number of unbranched alkanes of at least 4 members (excludes halogenated alkanes) is 6. The zero-order valence-electron chi connectivity index (χ0n) is 19.0. The van der Waals surface area contributed by atoms with Crippen molar-refractivity contribution in [2.75, 3.05) is 6.54 Å². The first-order valence-electron chi connectivity index (χ1n) is 12.0. The summed E-state index contributed by atoms with van der Waals surface area (Å²) in [7, 11) is 0. The molecular formula is C27H41N3O. The fraction of sp³-hybridized carbons (Fsp3) is 0.519. The van der Waals surface area contributed by atoms with E-state index < -0.39 is 0 Å². The molecule has 0 spiro atoms. The van der Waals surface area contributed by atoms with Crippen LogP contribution in [0.5, 0.6) is 0 Å². The standard InChI is InChI=1S/C27H41N3O/c28-20-11-10-18-26(30)27(31)19-9-4-2-1-3-6-15-23-16-12-17-24(25(23)21-29)22-13-7-5-8-14-22/h5,7-8,12-14,16-17,26H,1-4,6,9-11,15,18-21,28-30H2/t26-/m0/s1. The maximum Gasteiger partial charge on any atom is 0.149 e. The molecule has 0 aliphatic rings. The van der Waals surface area contributed by atoms with Crippen molar-refractivity contribution in [1.29, 1.82) is 0 Å². The number of ketones is 1. The molecule has 2 rings (SSSR count). The van der Waals surface area contributed by atoms with Gasteiger partial charge in [0.05, 0.1) is 6.04 Å². The van der Waals surface area contributed by atoms with Gasteiger partial charge >= 0.3 is 0 Å². The molecule has 1 atom stereocenters. The number of aryl methyl sites for hydroxylation is 1. The first kappa shape index (κ1) is 25.3. The number of nitrogens with two attached hydrogens (primary N) is 3. The smallest absolute Gasteiger partial charge is 0.149 e. The lowest BCUT2D eigenvalue weighted by molar-refractivity contribution is -0.120. The van der Waals surface area contributed by atoms with E-state index in [2.05, 4.69) is 42.5 Å². The maximum absolute atomic E-state index is 12.1. The van der Waals surface area contributed by atoms with Gasteiger partial charge in [0.2, 0.25) is 0 Å². The van der Waals surface area contributed by atoms with Crippen molar-refractivity contribution in [3.8, 4) is 11.1 Å². The van der Waals surface area contributed by atoms with Gasteiger partial charge in [0.1, 0.15) is 5.78 Å². The zero-order valence-corrected chi connectivity index (χ0v) is 19.0. The third kappa shape index (κ3) is 8.94. The highest BCUT2D eigenvalue weighted by atomic mass is 16.1. The Morgan fingerprint density at radius 2 is 1.48 bits per heavy atom. The highest BCUT2D eigenvalue weighted by Gasteiger charge is 2.12. The summed E-state index contributed by atoms with van der Waals surface area (Å²) in [6.07, 6.45) is 11.2. The van der Waals surface area contributed by atoms with E-state index >= 15 is 0 Å². The van der Waals surface area contributed by atoms with E-state index in [4.69, 9.17) is 17.2 Å². The van der Waals surface area contributed by atoms with Crippen LogP contribution in [0.3, 0.4) is 0 Å². The van der Waals surface area contributed by atoms with Gasteiger partial charge in [-0.3, -0.25) is 4.79 Å². The summed E-state index contributed by atoms with van der Waals surface area (Å²) in [6, 6.07) is 16.7. The molecule has 0 amide bonds. The normalized spacial score (nSPS) is 12.1. The third-order valence-electron chi connectivity index (χ3n) is 6.06. The summed E-state index contributed by atoms with van der Waals surface area (Å²) in [5, 5.41) is 0. The second-order valence-corrected chi connectivity index (χ2v) is 8.49. The molecule has 170 valence electrons. The number of benzene rings is 2. The molecule has 0 aliphatic heterocycles. The SMILES string of the molecule is NCCCC[C@H](N)C(=O)CCCCCCCCc1cccc(-c2ccccc2)c1CN. The highest BCUT2D eigenvalue weighted by Crippen LogP contribution is 2.27. The summed E-state index contributed by atoms with van der Waals surface area (Å²) in [5.41, 5.74) is 22.7. The fourth-order valence-electron chi connectivity index (χ4n) is 4.17. The van der Waals surface area contributed by atoms with Crippen LogP contribution in [0.2, 0.25) is 0 Å². The molecule has 0 aromatic heterocycles. The zero-order chi connectivity index (χ0) is 22.3. The number of hydrogen-bond acceptors (Lipinski definition) is 4. The first-order valence-corrected chi connectivity index (χ1v) is 12.0. The molecule has 0 fully saturated rings. The molecule has 6 N–H and O–H groups in total. The number of carbonyl (C=O) groups excluding carboxylic acids is 1. The number of hydrogen-bond donors (Lipinski definition) is 3. The number of carbonyl (C=O) groups is 1. The average molecular weight is 424 g/mol. The Bertz CT molecular complexity index is 760. The molecule has 0 saturated heterocycles. The Kier molecular flexibility index (Phi) is 12.1. The summed E-state index contributed by atoms with van der Waals surface area (Å²) in [6.45, 7) is 1.25. The number of rotatable bonds is 16. The lowest BCUT2D eigenvalue weighted by Crippen LogP contribution is -2.30. The molecule has 2 aromatic rings. The second-order valence-electron chi connectivity index (χ2n) is 8.49. The van der Waals surface area contributed by atoms with E-state index in [-0.39, 0.29) is 11.8 Å². The highest BCUT2D eigenvalue weighted by molar-refractivity contribution is 5.83. The predicted molar refractivity (Wildman–Crippen MR) is 132 cm³/mol. The van der Waals surface area contributed by atoms with Gasteiger partial charge in [-0.25, -0.2) is 0 Å². The van der Waals surface area contributed by atoms with Gasteiger partial charge in [-0.1, -0.05) is 80.6 Å². The van der Waals surface area contributed by atoms with Crippen molar-refractivity contribution in [1.82, 2.24) is 0 Å². The molecule has 31 heavy (non-hydrogen) atoms. The van der Waals surface area contributed by atoms with E-state index in [9.17, 15) is 4.79 Å². The van der Waals surface area contributed by atoms with E-state index in [1.54, 1.807) is 0 Å². The van der Waals surface area contributed by atoms with Crippen molar-refractivity contribution < 1.29 is 4.79 Å². The van der Waals surface area contributed by atoms with Crippen molar-refractivity contribution in [2.24, 2.45) is 17.2 Å². The van der Waals surface area contributed by atoms with Crippen molar-refractivity contribution >= 4 is 5.78 Å². The van der Waals surface area contributed by atoms with Crippen molar-refractivity contribution in [3.05, 3.63) is 59.7 Å². The molecule has 0 unspecified atom stereocenters. The lowest BCUT2D eigenvalue weighted by atomic mass is 9.92. The monoisotopic (exact) mass is 423 g/mol. The van der Waals surface area contributed by atoms with Crippen LogP contribution in [-0.4, -0.2) is 18.4 Å². The van der Waals surface area contributed by atoms with Gasteiger partial charge in [0, 0.05) is 13.0 Å². The van der Waals surface area contributed by atoms with Crippen molar-refractivity contribution in [3.63, 3.8) is 0 Å². The molecule has 2 aromatic carbocycles. The molecule has 0 radical (unpaired) electrons. The average Bonchev–Trinajstić information content (AvgIpc) is 2.81. The number of Topliss-reactive ketones (excluding diaryl/α,β-unsaturated/α-hetero) is 1. The van der Waals surface area contributed by atoms with Gasteiger partial charge < -0.3 is 17.2 Å². The first-order chi connectivity index (χ1) is 15.2. The minimum absolute atomic E-state index is 0.213. The van der Waals surface area contributed by atoms with E-state index in [0.29, 0.717) is 19.5 Å². The Balaban J connectivity index is 1.65. The summed E-state index contributed by atoms with van der Waals surface area (Å²) in [5.74, 6) is 0.213. The Morgan fingerprint density at radius 1 is 0.774 bits per heavy atom. The Hall–Kier alpha value is -2.01. The molecule has 4 heteroatoms. The Labute approximate surface area is 188 Å². The fourth-order valence-corrected chi connectivity index (χ4v) is 4.17. The summed E-state index contributed by atoms with van der Waals surface area (Å²) >= 11 is 0. The third-order valence-corrected chi connectivity index (χ3v) is 6.06. The van der Waals surface area contributed by atoms with E-state index in [1.165, 1.54) is 47.9 Å². The predicted octanol–water partition coefficient (Wildman–Crippen LogP) is 5.11. The van der Waals surface area contributed by atoms with Gasteiger partial charge in [-0.15, -0.1) is 0 Å². The topological polar surface area (TPSA) is 95.1 Å². The van der Waals surface area contributed by atoms with Crippen LogP contribution < -0.4 is 17.2 Å². The molecular weight excluding hydrogens is 382 g/mol. The lowest BCUT2D eigenvalue weighted by Gasteiger charge is -2.14. The second kappa shape index (κ2) is 14.9. The van der Waals surface area contributed by atoms with Crippen LogP contribution in [0.15, 0.2) is 48.5 Å². The minimum atomic E-state index is -0.296. The van der Waals surface area contributed by atoms with Gasteiger partial charge in [0.25, 0.3) is 0 Å². The van der Waals surface area contributed by atoms with E-state index in [0.717, 1.165) is 38.5 Å². The van der Waals surface area contributed by atoms with Crippen LogP contribution in [0.4, 0.5) is 0 Å². The van der Waals surface area contributed by atoms with Crippen LogP contribution in [0.1, 0.15) is 75.3 Å². The van der Waals surface area contributed by atoms with Crippen LogP contribution >= 0.6 is 0 Å².